The lowest BCUT2D eigenvalue weighted by atomic mass is 10.1. The van der Waals surface area contributed by atoms with E-state index in [0.29, 0.717) is 13.0 Å². The molecule has 3 unspecified atom stereocenters. The van der Waals surface area contributed by atoms with Crippen LogP contribution in [-0.2, 0) is 32.7 Å². The number of carbonyl (C=O) groups is 2. The topological polar surface area (TPSA) is 155 Å². The maximum Gasteiger partial charge on any atom is 0.472 e. The smallest absolute Gasteiger partial charge is 0.472 e. The van der Waals surface area contributed by atoms with Crippen molar-refractivity contribution in [3.63, 3.8) is 0 Å². The number of carboxylic acids is 1. The highest BCUT2D eigenvalue weighted by atomic mass is 31.2. The van der Waals surface area contributed by atoms with Crippen molar-refractivity contribution in [2.45, 2.75) is 187 Å². The lowest BCUT2D eigenvalue weighted by Gasteiger charge is -2.20. The van der Waals surface area contributed by atoms with E-state index in [1.54, 1.807) is 0 Å². The molecule has 0 saturated carbocycles. The first-order valence-corrected chi connectivity index (χ1v) is 22.7. The molecule has 0 aliphatic rings. The van der Waals surface area contributed by atoms with Crippen molar-refractivity contribution in [1.82, 2.24) is 0 Å². The number of allylic oxidation sites excluding steroid dienone is 8. The lowest BCUT2D eigenvalue weighted by molar-refractivity contribution is -0.154. The number of unbranched alkanes of at least 4 members (excludes halogenated alkanes) is 18. The molecule has 10 nitrogen and oxygen atoms in total. The number of hydrogen-bond donors (Lipinski definition) is 3. The van der Waals surface area contributed by atoms with Crippen LogP contribution < -0.4 is 5.73 Å². The molecule has 54 heavy (non-hydrogen) atoms. The number of phosphoric acid groups is 1. The summed E-state index contributed by atoms with van der Waals surface area (Å²) in [4.78, 5) is 33.3. The van der Waals surface area contributed by atoms with Gasteiger partial charge in [-0.2, -0.15) is 0 Å². The molecule has 0 aromatic heterocycles. The van der Waals surface area contributed by atoms with E-state index < -0.39 is 45.1 Å². The summed E-state index contributed by atoms with van der Waals surface area (Å²) < 4.78 is 33.2. The van der Waals surface area contributed by atoms with Crippen molar-refractivity contribution in [2.24, 2.45) is 5.73 Å². The summed E-state index contributed by atoms with van der Waals surface area (Å²) >= 11 is 0. The zero-order valence-electron chi connectivity index (χ0n) is 34.1. The van der Waals surface area contributed by atoms with Gasteiger partial charge in [-0.15, -0.1) is 0 Å². The molecule has 0 radical (unpaired) electrons. The molecule has 314 valence electrons. The standard InChI is InChI=1S/C43H78NO9P/c1-3-5-7-9-11-13-14-15-16-17-18-19-20-21-22-23-24-25-26-27-28-30-32-34-36-50-37-40(38-51-54(48,49)52-39-41(44)43(46)47)53-42(45)35-33-31-29-12-10-8-6-4-2/h5,7,11,13,15-16,18-19,40-41H,3-4,6,8-10,12,14,17,20-39,44H2,1-2H3,(H,46,47)(H,48,49)/b7-5-,13-11-,16-15-,19-18-. The van der Waals surface area contributed by atoms with E-state index >= 15 is 0 Å². The second kappa shape index (κ2) is 39.2. The van der Waals surface area contributed by atoms with Gasteiger partial charge in [0.25, 0.3) is 0 Å². The fourth-order valence-corrected chi connectivity index (χ4v) is 6.37. The molecule has 0 spiro atoms. The van der Waals surface area contributed by atoms with Gasteiger partial charge in [0.05, 0.1) is 19.8 Å². The lowest BCUT2D eigenvalue weighted by Crippen LogP contribution is -2.34. The summed E-state index contributed by atoms with van der Waals surface area (Å²) in [7, 11) is -4.61. The first-order valence-electron chi connectivity index (χ1n) is 21.2. The molecular formula is C43H78NO9P. The third kappa shape index (κ3) is 38.2. The zero-order chi connectivity index (χ0) is 39.8. The molecule has 0 heterocycles. The Morgan fingerprint density at radius 3 is 1.61 bits per heavy atom. The van der Waals surface area contributed by atoms with E-state index in [0.717, 1.165) is 64.2 Å². The van der Waals surface area contributed by atoms with E-state index in [1.165, 1.54) is 83.5 Å². The predicted octanol–water partition coefficient (Wildman–Crippen LogP) is 11.5. The molecule has 4 N–H and O–H groups in total. The third-order valence-electron chi connectivity index (χ3n) is 8.87. The molecule has 0 fully saturated rings. The van der Waals surface area contributed by atoms with Gasteiger partial charge in [-0.25, -0.2) is 4.57 Å². The van der Waals surface area contributed by atoms with Crippen molar-refractivity contribution >= 4 is 19.8 Å². The fourth-order valence-electron chi connectivity index (χ4n) is 5.59. The van der Waals surface area contributed by atoms with E-state index in [2.05, 4.69) is 62.5 Å². The first-order chi connectivity index (χ1) is 26.2. The third-order valence-corrected chi connectivity index (χ3v) is 9.82. The van der Waals surface area contributed by atoms with Gasteiger partial charge in [0.2, 0.25) is 0 Å². The van der Waals surface area contributed by atoms with E-state index in [-0.39, 0.29) is 13.0 Å². The number of nitrogens with two attached hydrogens (primary N) is 1. The number of aliphatic carboxylic acids is 1. The molecule has 3 atom stereocenters. The van der Waals surface area contributed by atoms with Gasteiger partial charge in [0, 0.05) is 13.0 Å². The summed E-state index contributed by atoms with van der Waals surface area (Å²) in [6.07, 6.45) is 44.7. The zero-order valence-corrected chi connectivity index (χ0v) is 35.0. The van der Waals surface area contributed by atoms with Crippen LogP contribution in [0.3, 0.4) is 0 Å². The number of ether oxygens (including phenoxy) is 2. The fraction of sp³-hybridized carbons (Fsp3) is 0.767. The van der Waals surface area contributed by atoms with Gasteiger partial charge in [-0.05, 0) is 51.4 Å². The Hall–Kier alpha value is -2.07. The second-order valence-electron chi connectivity index (χ2n) is 14.1. The van der Waals surface area contributed by atoms with Gasteiger partial charge in [0.15, 0.2) is 0 Å². The van der Waals surface area contributed by atoms with Crippen LogP contribution in [0.2, 0.25) is 0 Å². The van der Waals surface area contributed by atoms with Crippen molar-refractivity contribution in [3.8, 4) is 0 Å². The largest absolute Gasteiger partial charge is 0.480 e. The molecule has 0 aromatic carbocycles. The molecule has 0 aliphatic heterocycles. The molecule has 0 aliphatic carbocycles. The van der Waals surface area contributed by atoms with Gasteiger partial charge < -0.3 is 25.2 Å². The molecule has 0 bridgehead atoms. The van der Waals surface area contributed by atoms with Crippen molar-refractivity contribution in [3.05, 3.63) is 48.6 Å². The van der Waals surface area contributed by atoms with Gasteiger partial charge >= 0.3 is 19.8 Å². The van der Waals surface area contributed by atoms with Crippen LogP contribution in [-0.4, -0.2) is 60.5 Å². The first kappa shape index (κ1) is 51.9. The molecule has 11 heteroatoms. The molecular weight excluding hydrogens is 705 g/mol. The Kier molecular flexibility index (Phi) is 37.7. The minimum Gasteiger partial charge on any atom is -0.480 e. The highest BCUT2D eigenvalue weighted by Crippen LogP contribution is 2.43. The minimum absolute atomic E-state index is 0.0151. The Labute approximate surface area is 329 Å². The predicted molar refractivity (Wildman–Crippen MR) is 221 cm³/mol. The molecule has 0 aromatic rings. The van der Waals surface area contributed by atoms with Gasteiger partial charge in [-0.3, -0.25) is 18.6 Å². The van der Waals surface area contributed by atoms with Crippen molar-refractivity contribution in [2.75, 3.05) is 26.4 Å². The number of esters is 1. The van der Waals surface area contributed by atoms with E-state index in [1.807, 2.05) is 0 Å². The Bertz CT molecular complexity index is 1050. The number of hydrogen-bond acceptors (Lipinski definition) is 8. The number of phosphoric ester groups is 1. The highest BCUT2D eigenvalue weighted by Gasteiger charge is 2.27. The molecule has 0 saturated heterocycles. The second-order valence-corrected chi connectivity index (χ2v) is 15.5. The summed E-state index contributed by atoms with van der Waals surface area (Å²) in [6, 6.07) is -1.47. The average molecular weight is 784 g/mol. The summed E-state index contributed by atoms with van der Waals surface area (Å²) in [5, 5.41) is 8.87. The highest BCUT2D eigenvalue weighted by molar-refractivity contribution is 7.47. The summed E-state index contributed by atoms with van der Waals surface area (Å²) in [6.45, 7) is 3.72. The van der Waals surface area contributed by atoms with Gasteiger partial charge in [-0.1, -0.05) is 165 Å². The Morgan fingerprint density at radius 1 is 0.611 bits per heavy atom. The van der Waals surface area contributed by atoms with Crippen molar-refractivity contribution in [1.29, 1.82) is 0 Å². The van der Waals surface area contributed by atoms with Crippen LogP contribution in [0, 0.1) is 0 Å². The normalized spacial score (nSPS) is 14.4. The number of rotatable bonds is 40. The monoisotopic (exact) mass is 784 g/mol. The Balaban J connectivity index is 4.06. The minimum atomic E-state index is -4.61. The number of carbonyl (C=O) groups excluding carboxylic acids is 1. The number of carboxylic acid groups (broad SMARTS) is 1. The van der Waals surface area contributed by atoms with Crippen LogP contribution in [0.15, 0.2) is 48.6 Å². The maximum absolute atomic E-state index is 12.5. The van der Waals surface area contributed by atoms with E-state index in [9.17, 15) is 19.0 Å². The molecule has 0 amide bonds. The average Bonchev–Trinajstić information content (AvgIpc) is 3.15. The van der Waals surface area contributed by atoms with Crippen molar-refractivity contribution < 1.29 is 42.7 Å². The van der Waals surface area contributed by atoms with Crippen LogP contribution in [0.1, 0.15) is 174 Å². The van der Waals surface area contributed by atoms with Crippen LogP contribution in [0.25, 0.3) is 0 Å². The quantitative estimate of drug-likeness (QED) is 0.0237. The maximum atomic E-state index is 12.5. The van der Waals surface area contributed by atoms with Crippen LogP contribution in [0.5, 0.6) is 0 Å². The van der Waals surface area contributed by atoms with Crippen LogP contribution in [0.4, 0.5) is 0 Å². The SMILES string of the molecule is CC/C=C\C/C=C\C/C=C\C/C=C\CCCCCCCCCCCCCOCC(COP(=O)(O)OCC(N)C(=O)O)OC(=O)CCCCCCCCCC. The van der Waals surface area contributed by atoms with Gasteiger partial charge in [0.1, 0.15) is 12.1 Å². The molecule has 0 rings (SSSR count). The Morgan fingerprint density at radius 2 is 1.07 bits per heavy atom. The summed E-state index contributed by atoms with van der Waals surface area (Å²) in [5.74, 6) is -1.78. The van der Waals surface area contributed by atoms with Crippen LogP contribution >= 0.6 is 7.82 Å². The van der Waals surface area contributed by atoms with E-state index in [4.69, 9.17) is 29.4 Å². The summed E-state index contributed by atoms with van der Waals surface area (Å²) in [5.41, 5.74) is 5.34.